The summed E-state index contributed by atoms with van der Waals surface area (Å²) in [6, 6.07) is 19.9. The third kappa shape index (κ3) is 5.55. The van der Waals surface area contributed by atoms with Gasteiger partial charge in [-0.25, -0.2) is 24.9 Å². The summed E-state index contributed by atoms with van der Waals surface area (Å²) in [6.07, 6.45) is 10.9. The van der Waals surface area contributed by atoms with Crippen LogP contribution in [0.2, 0.25) is 0 Å². The molecule has 1 aliphatic rings. The molecule has 5 heterocycles. The first kappa shape index (κ1) is 26.6. The number of hydrogen-bond acceptors (Lipinski definition) is 9. The smallest absolute Gasteiger partial charge is 0.234 e. The fourth-order valence-corrected chi connectivity index (χ4v) is 6.12. The van der Waals surface area contributed by atoms with Crippen molar-refractivity contribution in [2.24, 2.45) is 0 Å². The van der Waals surface area contributed by atoms with Crippen molar-refractivity contribution in [3.05, 3.63) is 84.1 Å². The highest BCUT2D eigenvalue weighted by molar-refractivity contribution is 14.1. The second-order valence-corrected chi connectivity index (χ2v) is 11.1. The van der Waals surface area contributed by atoms with Crippen LogP contribution < -0.4 is 11.1 Å². The molecule has 0 amide bonds. The molecule has 1 saturated heterocycles. The molecule has 3 N–H and O–H groups in total. The monoisotopic (exact) mass is 652 g/mol. The highest BCUT2D eigenvalue weighted by atomic mass is 127. The lowest BCUT2D eigenvalue weighted by molar-refractivity contribution is 0.199. The molecule has 0 radical (unpaired) electrons. The van der Waals surface area contributed by atoms with Crippen molar-refractivity contribution in [1.82, 2.24) is 34.4 Å². The minimum absolute atomic E-state index is 0.175. The van der Waals surface area contributed by atoms with Crippen molar-refractivity contribution in [3.63, 3.8) is 0 Å². The molecular formula is C30H25IN10. The van der Waals surface area contributed by atoms with Crippen LogP contribution >= 0.6 is 22.6 Å². The first-order valence-electron chi connectivity index (χ1n) is 13.1. The van der Waals surface area contributed by atoms with Gasteiger partial charge in [0.05, 0.1) is 9.61 Å². The number of alkyl halides is 1. The number of nitrogens with two attached hydrogens (primary N) is 1. The van der Waals surface area contributed by atoms with E-state index in [9.17, 15) is 0 Å². The zero-order valence-corrected chi connectivity index (χ0v) is 24.1. The number of hydrogen-bond donors (Lipinski definition) is 2. The van der Waals surface area contributed by atoms with Gasteiger partial charge in [0, 0.05) is 37.2 Å². The van der Waals surface area contributed by atoms with Gasteiger partial charge in [0.1, 0.15) is 28.9 Å². The second-order valence-electron chi connectivity index (χ2n) is 9.70. The number of halogens is 1. The third-order valence-corrected chi connectivity index (χ3v) is 8.36. The van der Waals surface area contributed by atoms with Gasteiger partial charge in [-0.2, -0.15) is 5.26 Å². The maximum atomic E-state index is 9.07. The minimum Gasteiger partial charge on any atom is -0.383 e. The van der Waals surface area contributed by atoms with Crippen molar-refractivity contribution in [2.75, 3.05) is 17.6 Å². The lowest BCUT2D eigenvalue weighted by Crippen LogP contribution is -2.43. The summed E-state index contributed by atoms with van der Waals surface area (Å²) in [5, 5.41) is 12.5. The molecule has 10 nitrogen and oxygen atoms in total. The molecule has 0 bridgehead atoms. The van der Waals surface area contributed by atoms with Crippen LogP contribution in [0, 0.1) is 23.7 Å². The number of aromatic nitrogens is 6. The van der Waals surface area contributed by atoms with Crippen LogP contribution in [0.4, 0.5) is 11.6 Å². The lowest BCUT2D eigenvalue weighted by Gasteiger charge is -2.37. The summed E-state index contributed by atoms with van der Waals surface area (Å²) in [5.74, 6) is 4.54. The fourth-order valence-electron chi connectivity index (χ4n) is 5.03. The standard InChI is InChI=1S/C30H25IN10/c1-2-20-7-10-24-30(37-20)41(29(38-24)23-4-3-13-35-28(23)33)22-8-5-19(6-9-22)18-40-15-12-21(16-25(40)31)36-26-11-14-34-27(17-32)39-26/h1,3-11,13-14,21,25H,12,15-16,18H2,(H2,33,35)(H,34,36,39). The van der Waals surface area contributed by atoms with Crippen LogP contribution in [-0.4, -0.2) is 51.0 Å². The number of terminal acetylenes is 1. The molecule has 0 spiro atoms. The molecular weight excluding hydrogens is 627 g/mol. The second kappa shape index (κ2) is 11.5. The van der Waals surface area contributed by atoms with E-state index in [4.69, 9.17) is 22.4 Å². The molecule has 1 aliphatic heterocycles. The van der Waals surface area contributed by atoms with E-state index in [1.807, 2.05) is 28.8 Å². The Kier molecular flexibility index (Phi) is 7.46. The number of benzene rings is 1. The van der Waals surface area contributed by atoms with Gasteiger partial charge < -0.3 is 11.1 Å². The Morgan fingerprint density at radius 1 is 1.05 bits per heavy atom. The Bertz CT molecular complexity index is 1800. The number of piperidine rings is 1. The summed E-state index contributed by atoms with van der Waals surface area (Å²) in [5.41, 5.74) is 11.0. The van der Waals surface area contributed by atoms with Gasteiger partial charge in [-0.05, 0) is 60.9 Å². The van der Waals surface area contributed by atoms with Crippen molar-refractivity contribution in [3.8, 4) is 35.5 Å². The number of imidazole rings is 1. The average Bonchev–Trinajstić information content (AvgIpc) is 3.37. The van der Waals surface area contributed by atoms with Crippen LogP contribution in [0.15, 0.2) is 67.0 Å². The highest BCUT2D eigenvalue weighted by Crippen LogP contribution is 2.31. The van der Waals surface area contributed by atoms with E-state index in [0.717, 1.165) is 42.7 Å². The Hall–Kier alpha value is -4.59. The zero-order chi connectivity index (χ0) is 28.3. The van der Waals surface area contributed by atoms with Crippen molar-refractivity contribution in [2.45, 2.75) is 29.5 Å². The molecule has 1 fully saturated rings. The number of nitrogens with zero attached hydrogens (tertiary/aromatic N) is 8. The molecule has 4 aromatic heterocycles. The molecule has 0 saturated carbocycles. The summed E-state index contributed by atoms with van der Waals surface area (Å²) >= 11 is 2.51. The molecule has 0 aliphatic carbocycles. The Labute approximate surface area is 250 Å². The summed E-state index contributed by atoms with van der Waals surface area (Å²) in [6.45, 7) is 1.78. The van der Waals surface area contributed by atoms with Gasteiger partial charge in [-0.3, -0.25) is 9.47 Å². The number of nitrogen functional groups attached to an aromatic ring is 1. The molecule has 2 unspecified atom stereocenters. The summed E-state index contributed by atoms with van der Waals surface area (Å²) < 4.78 is 2.33. The van der Waals surface area contributed by atoms with E-state index in [1.165, 1.54) is 5.56 Å². The van der Waals surface area contributed by atoms with Crippen molar-refractivity contribution in [1.29, 1.82) is 5.26 Å². The quantitative estimate of drug-likeness (QED) is 0.117. The van der Waals surface area contributed by atoms with Gasteiger partial charge in [0.15, 0.2) is 11.5 Å². The normalized spacial score (nSPS) is 17.1. The van der Waals surface area contributed by atoms with Gasteiger partial charge >= 0.3 is 0 Å². The average molecular weight is 653 g/mol. The summed E-state index contributed by atoms with van der Waals surface area (Å²) in [4.78, 5) is 24.5. The summed E-state index contributed by atoms with van der Waals surface area (Å²) in [7, 11) is 0. The first-order chi connectivity index (χ1) is 20.0. The molecule has 1 aromatic carbocycles. The van der Waals surface area contributed by atoms with Crippen molar-refractivity contribution < 1.29 is 0 Å². The maximum Gasteiger partial charge on any atom is 0.234 e. The number of rotatable bonds is 6. The number of pyridine rings is 2. The highest BCUT2D eigenvalue weighted by Gasteiger charge is 2.27. The van der Waals surface area contributed by atoms with Crippen LogP contribution in [-0.2, 0) is 6.54 Å². The van der Waals surface area contributed by atoms with E-state index in [-0.39, 0.29) is 11.9 Å². The topological polar surface area (TPSA) is 134 Å². The van der Waals surface area contributed by atoms with Crippen LogP contribution in [0.5, 0.6) is 0 Å². The zero-order valence-electron chi connectivity index (χ0n) is 21.9. The Morgan fingerprint density at radius 3 is 2.66 bits per heavy atom. The minimum atomic E-state index is 0.175. The van der Waals surface area contributed by atoms with E-state index in [0.29, 0.717) is 32.8 Å². The molecule has 2 atom stereocenters. The number of nitrogens with one attached hydrogen (secondary N) is 1. The van der Waals surface area contributed by atoms with Gasteiger partial charge in [-0.1, -0.05) is 40.6 Å². The number of fused-ring (bicyclic) bond motifs is 1. The SMILES string of the molecule is C#Cc1ccc2nc(-c3cccnc3N)n(-c3ccc(CN4CCC(Nc5ccnc(C#N)n5)CC4I)cc3)c2n1. The lowest BCUT2D eigenvalue weighted by atomic mass is 10.0. The fraction of sp³-hybridized carbons (Fsp3) is 0.200. The molecule has 41 heavy (non-hydrogen) atoms. The van der Waals surface area contributed by atoms with E-state index >= 15 is 0 Å². The number of anilines is 2. The number of nitriles is 1. The largest absolute Gasteiger partial charge is 0.383 e. The molecule has 202 valence electrons. The molecule has 6 rings (SSSR count). The predicted molar refractivity (Wildman–Crippen MR) is 166 cm³/mol. The van der Waals surface area contributed by atoms with Gasteiger partial charge in [0.25, 0.3) is 0 Å². The third-order valence-electron chi connectivity index (χ3n) is 7.06. The Balaban J connectivity index is 1.22. The van der Waals surface area contributed by atoms with E-state index in [2.05, 4.69) is 82.9 Å². The van der Waals surface area contributed by atoms with Crippen LogP contribution in [0.25, 0.3) is 28.2 Å². The predicted octanol–water partition coefficient (Wildman–Crippen LogP) is 4.55. The molecule has 5 aromatic rings. The van der Waals surface area contributed by atoms with Gasteiger partial charge in [-0.15, -0.1) is 6.42 Å². The van der Waals surface area contributed by atoms with Gasteiger partial charge in [0.2, 0.25) is 5.82 Å². The first-order valence-corrected chi connectivity index (χ1v) is 14.3. The van der Waals surface area contributed by atoms with E-state index in [1.54, 1.807) is 24.5 Å². The Morgan fingerprint density at radius 2 is 1.90 bits per heavy atom. The number of likely N-dealkylation sites (tertiary alicyclic amines) is 1. The van der Waals surface area contributed by atoms with Crippen molar-refractivity contribution >= 4 is 45.4 Å². The maximum absolute atomic E-state index is 9.07. The van der Waals surface area contributed by atoms with Crippen LogP contribution in [0.3, 0.4) is 0 Å². The molecule has 11 heteroatoms. The van der Waals surface area contributed by atoms with Crippen LogP contribution in [0.1, 0.15) is 29.9 Å². The van der Waals surface area contributed by atoms with E-state index < -0.39 is 0 Å².